The Morgan fingerprint density at radius 1 is 1.40 bits per heavy atom. The molecule has 0 radical (unpaired) electrons. The van der Waals surface area contributed by atoms with Crippen LogP contribution in [-0.2, 0) is 12.8 Å². The van der Waals surface area contributed by atoms with Gasteiger partial charge in [0.05, 0.1) is 0 Å². The normalized spacial score (nSPS) is 15.5. The molecule has 0 fully saturated rings. The first kappa shape index (κ1) is 14.8. The van der Waals surface area contributed by atoms with Crippen LogP contribution in [0, 0.1) is 0 Å². The number of hydrogen-bond acceptors (Lipinski definition) is 3. The predicted molar refractivity (Wildman–Crippen MR) is 80.4 cm³/mol. The van der Waals surface area contributed by atoms with E-state index in [-0.39, 0.29) is 0 Å². The molecule has 0 amide bonds. The topological polar surface area (TPSA) is 62.2 Å². The maximum Gasteiger partial charge on any atom is 0.339 e. The number of aryl methyl sites for hydroxylation is 2. The summed E-state index contributed by atoms with van der Waals surface area (Å²) in [6.07, 6.45) is 7.30. The average Bonchev–Trinajstić information content (AvgIpc) is 2.45. The highest BCUT2D eigenvalue weighted by Gasteiger charge is 2.20. The Morgan fingerprint density at radius 2 is 2.15 bits per heavy atom. The molecule has 1 aliphatic carbocycles. The molecule has 1 aliphatic rings. The molecule has 1 aromatic heterocycles. The van der Waals surface area contributed by atoms with E-state index in [1.54, 1.807) is 0 Å². The smallest absolute Gasteiger partial charge is 0.339 e. The number of aromatic carboxylic acids is 1. The molecule has 1 aromatic rings. The molecule has 2 rings (SSSR count). The number of fused-ring (bicyclic) bond motifs is 1. The molecule has 0 saturated heterocycles. The van der Waals surface area contributed by atoms with Crippen LogP contribution in [0.5, 0.6) is 0 Å². The summed E-state index contributed by atoms with van der Waals surface area (Å²) in [6, 6.07) is 2.12. The summed E-state index contributed by atoms with van der Waals surface area (Å²) < 4.78 is 0. The van der Waals surface area contributed by atoms with Gasteiger partial charge in [-0.1, -0.05) is 20.3 Å². The van der Waals surface area contributed by atoms with Gasteiger partial charge in [-0.3, -0.25) is 0 Å². The zero-order valence-corrected chi connectivity index (χ0v) is 12.4. The van der Waals surface area contributed by atoms with Crippen LogP contribution in [0.4, 0.5) is 5.82 Å². The van der Waals surface area contributed by atoms with E-state index >= 15 is 0 Å². The van der Waals surface area contributed by atoms with Crippen molar-refractivity contribution in [3.05, 3.63) is 22.9 Å². The zero-order chi connectivity index (χ0) is 14.5. The third-order valence-electron chi connectivity index (χ3n) is 4.00. The summed E-state index contributed by atoms with van der Waals surface area (Å²) in [7, 11) is 0. The Bertz CT molecular complexity index is 486. The number of hydrogen-bond donors (Lipinski definition) is 2. The molecule has 110 valence electrons. The van der Waals surface area contributed by atoms with E-state index in [9.17, 15) is 9.90 Å². The lowest BCUT2D eigenvalue weighted by atomic mass is 9.94. The maximum absolute atomic E-state index is 11.5. The molecule has 1 heterocycles. The average molecular weight is 276 g/mol. The van der Waals surface area contributed by atoms with E-state index < -0.39 is 5.97 Å². The first-order valence-electron chi connectivity index (χ1n) is 7.68. The van der Waals surface area contributed by atoms with Gasteiger partial charge in [-0.05, 0) is 50.2 Å². The fourth-order valence-electron chi connectivity index (χ4n) is 2.83. The molecule has 2 N–H and O–H groups in total. The van der Waals surface area contributed by atoms with E-state index in [0.717, 1.165) is 56.2 Å². The van der Waals surface area contributed by atoms with E-state index in [1.807, 2.05) is 6.07 Å². The molecule has 1 atom stereocenters. The Labute approximate surface area is 120 Å². The van der Waals surface area contributed by atoms with Gasteiger partial charge in [0.1, 0.15) is 11.4 Å². The number of aromatic nitrogens is 1. The van der Waals surface area contributed by atoms with Crippen LogP contribution >= 0.6 is 0 Å². The van der Waals surface area contributed by atoms with Crippen LogP contribution < -0.4 is 5.32 Å². The van der Waals surface area contributed by atoms with Gasteiger partial charge in [0.15, 0.2) is 0 Å². The van der Waals surface area contributed by atoms with Crippen molar-refractivity contribution in [1.29, 1.82) is 0 Å². The monoisotopic (exact) mass is 276 g/mol. The molecule has 4 nitrogen and oxygen atoms in total. The van der Waals surface area contributed by atoms with Crippen molar-refractivity contribution >= 4 is 11.8 Å². The number of carbonyl (C=O) groups is 1. The second kappa shape index (κ2) is 6.73. The summed E-state index contributed by atoms with van der Waals surface area (Å²) in [4.78, 5) is 16.1. The van der Waals surface area contributed by atoms with Crippen LogP contribution in [0.3, 0.4) is 0 Å². The molecule has 4 heteroatoms. The standard InChI is InChI=1S/C16H24N2O2/c1-3-7-12(4-2)17-15-13(16(19)20)10-11-8-5-6-9-14(11)18-15/h10,12H,3-9H2,1-2H3,(H,17,18)(H,19,20). The fourth-order valence-corrected chi connectivity index (χ4v) is 2.83. The van der Waals surface area contributed by atoms with E-state index in [4.69, 9.17) is 0 Å². The Hall–Kier alpha value is -1.58. The number of nitrogens with one attached hydrogen (secondary N) is 1. The summed E-state index contributed by atoms with van der Waals surface area (Å²) in [6.45, 7) is 4.26. The molecular weight excluding hydrogens is 252 g/mol. The van der Waals surface area contributed by atoms with Crippen molar-refractivity contribution in [2.45, 2.75) is 64.8 Å². The van der Waals surface area contributed by atoms with E-state index in [2.05, 4.69) is 24.1 Å². The molecular formula is C16H24N2O2. The number of carboxylic acids is 1. The second-order valence-corrected chi connectivity index (χ2v) is 5.54. The fraction of sp³-hybridized carbons (Fsp3) is 0.625. The highest BCUT2D eigenvalue weighted by atomic mass is 16.4. The lowest BCUT2D eigenvalue weighted by Crippen LogP contribution is -2.22. The minimum Gasteiger partial charge on any atom is -0.478 e. The zero-order valence-electron chi connectivity index (χ0n) is 12.4. The van der Waals surface area contributed by atoms with Crippen molar-refractivity contribution in [3.8, 4) is 0 Å². The number of rotatable bonds is 6. The van der Waals surface area contributed by atoms with Crippen molar-refractivity contribution in [2.75, 3.05) is 5.32 Å². The van der Waals surface area contributed by atoms with E-state index in [1.165, 1.54) is 0 Å². The first-order valence-corrected chi connectivity index (χ1v) is 7.68. The quantitative estimate of drug-likeness (QED) is 0.832. The third kappa shape index (κ3) is 3.30. The van der Waals surface area contributed by atoms with Crippen LogP contribution in [0.2, 0.25) is 0 Å². The predicted octanol–water partition coefficient (Wildman–Crippen LogP) is 3.65. The summed E-state index contributed by atoms with van der Waals surface area (Å²) in [5.41, 5.74) is 2.51. The van der Waals surface area contributed by atoms with Crippen molar-refractivity contribution in [2.24, 2.45) is 0 Å². The molecule has 0 aliphatic heterocycles. The molecule has 0 bridgehead atoms. The van der Waals surface area contributed by atoms with Gasteiger partial charge in [0, 0.05) is 11.7 Å². The van der Waals surface area contributed by atoms with Gasteiger partial charge >= 0.3 is 5.97 Å². The maximum atomic E-state index is 11.5. The van der Waals surface area contributed by atoms with Crippen LogP contribution in [-0.4, -0.2) is 22.1 Å². The number of pyridine rings is 1. The highest BCUT2D eigenvalue weighted by molar-refractivity contribution is 5.93. The van der Waals surface area contributed by atoms with Gasteiger partial charge in [-0.2, -0.15) is 0 Å². The molecule has 0 aromatic carbocycles. The van der Waals surface area contributed by atoms with Crippen LogP contribution in [0.1, 0.15) is 67.6 Å². The van der Waals surface area contributed by atoms with Crippen molar-refractivity contribution in [3.63, 3.8) is 0 Å². The lowest BCUT2D eigenvalue weighted by Gasteiger charge is -2.21. The Balaban J connectivity index is 2.31. The van der Waals surface area contributed by atoms with Crippen LogP contribution in [0.25, 0.3) is 0 Å². The molecule has 0 spiro atoms. The Morgan fingerprint density at radius 3 is 2.80 bits per heavy atom. The van der Waals surface area contributed by atoms with E-state index in [0.29, 0.717) is 17.4 Å². The SMILES string of the molecule is CCCC(CC)Nc1nc2c(cc1C(=O)O)CCCC2. The van der Waals surface area contributed by atoms with Crippen molar-refractivity contribution < 1.29 is 9.90 Å². The van der Waals surface area contributed by atoms with Gasteiger partial charge in [0.2, 0.25) is 0 Å². The minimum atomic E-state index is -0.889. The lowest BCUT2D eigenvalue weighted by molar-refractivity contribution is 0.0697. The first-order chi connectivity index (χ1) is 9.65. The number of anilines is 1. The largest absolute Gasteiger partial charge is 0.478 e. The highest BCUT2D eigenvalue weighted by Crippen LogP contribution is 2.25. The molecule has 20 heavy (non-hydrogen) atoms. The summed E-state index contributed by atoms with van der Waals surface area (Å²) in [5, 5.41) is 12.7. The molecule has 1 unspecified atom stereocenters. The van der Waals surface area contributed by atoms with Crippen LogP contribution in [0.15, 0.2) is 6.07 Å². The molecule has 0 saturated carbocycles. The number of nitrogens with zero attached hydrogens (tertiary/aromatic N) is 1. The van der Waals surface area contributed by atoms with Gasteiger partial charge in [0.25, 0.3) is 0 Å². The van der Waals surface area contributed by atoms with Gasteiger partial charge < -0.3 is 10.4 Å². The summed E-state index contributed by atoms with van der Waals surface area (Å²) in [5.74, 6) is -0.335. The Kier molecular flexibility index (Phi) is 4.99. The number of carboxylic acid groups (broad SMARTS) is 1. The van der Waals surface area contributed by atoms with Gasteiger partial charge in [-0.25, -0.2) is 9.78 Å². The summed E-state index contributed by atoms with van der Waals surface area (Å²) >= 11 is 0. The van der Waals surface area contributed by atoms with Gasteiger partial charge in [-0.15, -0.1) is 0 Å². The second-order valence-electron chi connectivity index (χ2n) is 5.54. The minimum absolute atomic E-state index is 0.298. The van der Waals surface area contributed by atoms with Crippen molar-refractivity contribution in [1.82, 2.24) is 4.98 Å². The third-order valence-corrected chi connectivity index (χ3v) is 4.00.